The van der Waals surface area contributed by atoms with Crippen molar-refractivity contribution in [3.05, 3.63) is 145 Å². The molecule has 0 aromatic heterocycles. The maximum absolute atomic E-state index is 2.60. The number of fused-ring (bicyclic) bond motifs is 7. The molecule has 0 radical (unpaired) electrons. The third kappa shape index (κ3) is 4.13. The van der Waals surface area contributed by atoms with Gasteiger partial charge in [-0.05, 0) is 117 Å². The van der Waals surface area contributed by atoms with Crippen molar-refractivity contribution in [1.29, 1.82) is 0 Å². The first kappa shape index (κ1) is 28.3. The van der Waals surface area contributed by atoms with Gasteiger partial charge in [-0.15, -0.1) is 0 Å². The highest BCUT2D eigenvalue weighted by Crippen LogP contribution is 2.47. The number of benzene rings is 8. The molecule has 0 nitrogen and oxygen atoms in total. The molecule has 0 spiro atoms. The summed E-state index contributed by atoms with van der Waals surface area (Å²) < 4.78 is 0. The average molecular weight is 619 g/mol. The Labute approximate surface area is 278 Å². The second-order valence-electron chi connectivity index (χ2n) is 14.0. The Morgan fingerprint density at radius 3 is 1.94 bits per heavy atom. The van der Waals surface area contributed by atoms with E-state index in [1.165, 1.54) is 82.0 Å². The summed E-state index contributed by atoms with van der Waals surface area (Å²) in [6, 6.07) is 53.2. The number of rotatable bonds is 4. The van der Waals surface area contributed by atoms with Crippen LogP contribution in [0.25, 0.3) is 76.5 Å². The van der Waals surface area contributed by atoms with Gasteiger partial charge in [0.15, 0.2) is 0 Å². The van der Waals surface area contributed by atoms with Crippen molar-refractivity contribution in [3.63, 3.8) is 0 Å². The van der Waals surface area contributed by atoms with E-state index in [9.17, 15) is 0 Å². The summed E-state index contributed by atoms with van der Waals surface area (Å²) in [5, 5.41) is 13.7. The van der Waals surface area contributed by atoms with E-state index in [4.69, 9.17) is 0 Å². The summed E-state index contributed by atoms with van der Waals surface area (Å²) in [5.41, 5.74) is 9.56. The first-order chi connectivity index (χ1) is 23.0. The van der Waals surface area contributed by atoms with Crippen LogP contribution >= 0.6 is 0 Å². The van der Waals surface area contributed by atoms with Crippen LogP contribution in [-0.2, 0) is 0 Å². The molecule has 0 saturated heterocycles. The second-order valence-corrected chi connectivity index (χ2v) is 18.4. The first-order valence-electron chi connectivity index (χ1n) is 17.1. The lowest BCUT2D eigenvalue weighted by atomic mass is 9.83. The van der Waals surface area contributed by atoms with Crippen molar-refractivity contribution in [1.82, 2.24) is 0 Å². The van der Waals surface area contributed by atoms with Crippen LogP contribution in [0.5, 0.6) is 0 Å². The molecule has 0 saturated carbocycles. The van der Waals surface area contributed by atoms with Crippen LogP contribution in [0.4, 0.5) is 0 Å². The maximum atomic E-state index is 2.60. The van der Waals surface area contributed by atoms with Crippen LogP contribution in [0, 0.1) is 0 Å². The van der Waals surface area contributed by atoms with Crippen LogP contribution in [0.1, 0.15) is 31.7 Å². The van der Waals surface area contributed by atoms with Crippen molar-refractivity contribution in [2.45, 2.75) is 39.3 Å². The fourth-order valence-corrected chi connectivity index (χ4v) is 11.6. The first-order valence-corrected chi connectivity index (χ1v) is 20.1. The SMILES string of the molecule is CCC(C)c1cccc2cc(-c3c4ccccc4c(-c4cccc5ccccc45)c4cc5c(cc34)-c3ccccc3[Si]5(C)C)ccc12. The van der Waals surface area contributed by atoms with E-state index in [1.54, 1.807) is 10.4 Å². The van der Waals surface area contributed by atoms with Crippen LogP contribution < -0.4 is 10.4 Å². The highest BCUT2D eigenvalue weighted by atomic mass is 28.3. The summed E-state index contributed by atoms with van der Waals surface area (Å²) in [6.07, 6.45) is 1.14. The molecule has 8 aromatic carbocycles. The summed E-state index contributed by atoms with van der Waals surface area (Å²) >= 11 is 0. The van der Waals surface area contributed by atoms with Crippen molar-refractivity contribution >= 4 is 61.5 Å². The maximum Gasteiger partial charge on any atom is 0.113 e. The monoisotopic (exact) mass is 618 g/mol. The fourth-order valence-electron chi connectivity index (χ4n) is 8.53. The van der Waals surface area contributed by atoms with Gasteiger partial charge >= 0.3 is 0 Å². The molecular weight excluding hydrogens is 581 g/mol. The highest BCUT2D eigenvalue weighted by molar-refractivity contribution is 7.04. The third-order valence-corrected chi connectivity index (χ3v) is 14.7. The summed E-state index contributed by atoms with van der Waals surface area (Å²) in [6.45, 7) is 9.69. The van der Waals surface area contributed by atoms with Gasteiger partial charge in [0.25, 0.3) is 0 Å². The largest absolute Gasteiger partial charge is 0.113 e. The molecule has 226 valence electrons. The lowest BCUT2D eigenvalue weighted by Gasteiger charge is -2.23. The van der Waals surface area contributed by atoms with Gasteiger partial charge in [0.2, 0.25) is 0 Å². The molecule has 47 heavy (non-hydrogen) atoms. The predicted molar refractivity (Wildman–Crippen MR) is 208 cm³/mol. The average Bonchev–Trinajstić information content (AvgIpc) is 3.34. The Kier molecular flexibility index (Phi) is 6.32. The summed E-state index contributed by atoms with van der Waals surface area (Å²) in [5.74, 6) is 0.529. The van der Waals surface area contributed by atoms with Gasteiger partial charge in [0.05, 0.1) is 0 Å². The molecule has 0 aliphatic carbocycles. The Bertz CT molecular complexity index is 2550. The quantitative estimate of drug-likeness (QED) is 0.136. The van der Waals surface area contributed by atoms with Gasteiger partial charge in [-0.25, -0.2) is 0 Å². The third-order valence-electron chi connectivity index (χ3n) is 11.1. The minimum Gasteiger partial charge on any atom is -0.0648 e. The topological polar surface area (TPSA) is 0 Å². The Balaban J connectivity index is 1.45. The zero-order valence-corrected chi connectivity index (χ0v) is 28.6. The van der Waals surface area contributed by atoms with E-state index in [2.05, 4.69) is 166 Å². The lowest BCUT2D eigenvalue weighted by Crippen LogP contribution is -2.49. The molecule has 8 aromatic rings. The van der Waals surface area contributed by atoms with Gasteiger partial charge in [0.1, 0.15) is 8.07 Å². The minimum atomic E-state index is -1.90. The van der Waals surface area contributed by atoms with Crippen molar-refractivity contribution in [3.8, 4) is 33.4 Å². The summed E-state index contributed by atoms with van der Waals surface area (Å²) in [7, 11) is -1.90. The molecule has 0 amide bonds. The van der Waals surface area contributed by atoms with Crippen molar-refractivity contribution in [2.75, 3.05) is 0 Å². The molecule has 1 aliphatic rings. The zero-order valence-electron chi connectivity index (χ0n) is 27.6. The molecule has 1 aliphatic heterocycles. The van der Waals surface area contributed by atoms with Gasteiger partial charge in [-0.3, -0.25) is 0 Å². The van der Waals surface area contributed by atoms with Gasteiger partial charge in [-0.1, -0.05) is 154 Å². The summed E-state index contributed by atoms with van der Waals surface area (Å²) in [4.78, 5) is 0. The Morgan fingerprint density at radius 2 is 1.11 bits per heavy atom. The number of hydrogen-bond acceptors (Lipinski definition) is 0. The standard InChI is InChI=1S/C46H38Si/c1-5-29(2)33-21-13-16-31-26-32(24-25-35(31)33)45-38-19-8-9-20-39(38)46(37-22-12-15-30-14-6-7-17-34(30)37)42-28-44-40(27-41(42)45)36-18-10-11-23-43(36)47(44,3)4/h6-29H,5H2,1-4H3. The van der Waals surface area contributed by atoms with Crippen LogP contribution in [-0.4, -0.2) is 8.07 Å². The smallest absolute Gasteiger partial charge is 0.0648 e. The molecule has 1 heteroatoms. The van der Waals surface area contributed by atoms with Gasteiger partial charge in [0, 0.05) is 0 Å². The molecule has 1 heterocycles. The van der Waals surface area contributed by atoms with E-state index in [1.807, 2.05) is 0 Å². The van der Waals surface area contributed by atoms with Crippen LogP contribution in [0.2, 0.25) is 13.1 Å². The van der Waals surface area contributed by atoms with E-state index in [0.29, 0.717) is 5.92 Å². The normalized spacial score (nSPS) is 14.1. The fraction of sp³-hybridized carbons (Fsp3) is 0.130. The Morgan fingerprint density at radius 1 is 0.468 bits per heavy atom. The Hall–Kier alpha value is -4.98. The predicted octanol–water partition coefficient (Wildman–Crippen LogP) is 11.9. The number of hydrogen-bond donors (Lipinski definition) is 0. The van der Waals surface area contributed by atoms with Gasteiger partial charge in [-0.2, -0.15) is 0 Å². The molecule has 0 N–H and O–H groups in total. The molecule has 9 rings (SSSR count). The van der Waals surface area contributed by atoms with Gasteiger partial charge < -0.3 is 0 Å². The van der Waals surface area contributed by atoms with E-state index in [-0.39, 0.29) is 0 Å². The lowest BCUT2D eigenvalue weighted by molar-refractivity contribution is 0.740. The molecule has 1 atom stereocenters. The van der Waals surface area contributed by atoms with Crippen LogP contribution in [0.15, 0.2) is 140 Å². The van der Waals surface area contributed by atoms with Crippen LogP contribution in [0.3, 0.4) is 0 Å². The van der Waals surface area contributed by atoms with Crippen molar-refractivity contribution in [2.24, 2.45) is 0 Å². The molecular formula is C46H38Si. The van der Waals surface area contributed by atoms with E-state index >= 15 is 0 Å². The second kappa shape index (κ2) is 10.5. The van der Waals surface area contributed by atoms with E-state index < -0.39 is 8.07 Å². The zero-order chi connectivity index (χ0) is 31.9. The van der Waals surface area contributed by atoms with E-state index in [0.717, 1.165) is 6.42 Å². The molecule has 1 unspecified atom stereocenters. The highest BCUT2D eigenvalue weighted by Gasteiger charge is 2.38. The molecule has 0 fully saturated rings. The minimum absolute atomic E-state index is 0.529. The molecule has 0 bridgehead atoms. The van der Waals surface area contributed by atoms with Crippen molar-refractivity contribution < 1.29 is 0 Å².